The van der Waals surface area contributed by atoms with Gasteiger partial charge in [-0.05, 0) is 96.4 Å². The van der Waals surface area contributed by atoms with Gasteiger partial charge in [-0.3, -0.25) is 0 Å². The molecule has 0 fully saturated rings. The molecule has 0 unspecified atom stereocenters. The average Bonchev–Trinajstić information content (AvgIpc) is 3.26. The molecule has 0 heteroatoms. The van der Waals surface area contributed by atoms with Crippen LogP contribution in [0.3, 0.4) is 0 Å². The van der Waals surface area contributed by atoms with Crippen LogP contribution in [-0.4, -0.2) is 0 Å². The largest absolute Gasteiger partial charge is 0.0622 e. The van der Waals surface area contributed by atoms with Gasteiger partial charge in [0.1, 0.15) is 0 Å². The lowest BCUT2D eigenvalue weighted by atomic mass is 9.82. The van der Waals surface area contributed by atoms with Gasteiger partial charge in [-0.2, -0.15) is 0 Å². The van der Waals surface area contributed by atoms with Crippen molar-refractivity contribution in [2.75, 3.05) is 0 Å². The van der Waals surface area contributed by atoms with Crippen LogP contribution in [0, 0.1) is 0 Å². The molecule has 8 rings (SSSR count). The minimum Gasteiger partial charge on any atom is -0.0622 e. The second-order valence-corrected chi connectivity index (χ2v) is 9.93. The molecule has 2 aliphatic carbocycles. The third-order valence-corrected chi connectivity index (χ3v) is 8.10. The molecule has 0 atom stereocenters. The summed E-state index contributed by atoms with van der Waals surface area (Å²) in [4.78, 5) is 0. The molecule has 0 radical (unpaired) electrons. The molecule has 35 heavy (non-hydrogen) atoms. The summed E-state index contributed by atoms with van der Waals surface area (Å²) in [6.45, 7) is 0. The second-order valence-electron chi connectivity index (χ2n) is 9.93. The van der Waals surface area contributed by atoms with Crippen molar-refractivity contribution in [3.8, 4) is 44.5 Å². The Bertz CT molecular complexity index is 1660. The number of hydrogen-bond acceptors (Lipinski definition) is 0. The highest BCUT2D eigenvalue weighted by atomic mass is 14.3. The molecule has 0 aliphatic heterocycles. The van der Waals surface area contributed by atoms with E-state index >= 15 is 0 Å². The van der Waals surface area contributed by atoms with Crippen molar-refractivity contribution in [3.63, 3.8) is 0 Å². The minimum absolute atomic E-state index is 1.18. The van der Waals surface area contributed by atoms with Gasteiger partial charge in [0.25, 0.3) is 0 Å². The number of fused-ring (bicyclic) bond motifs is 4. The first kappa shape index (κ1) is 19.2. The van der Waals surface area contributed by atoms with Gasteiger partial charge in [0, 0.05) is 0 Å². The smallest absolute Gasteiger partial charge is 0.000741 e. The molecule has 164 valence electrons. The first-order chi connectivity index (χ1) is 17.4. The average molecular weight is 445 g/mol. The lowest BCUT2D eigenvalue weighted by molar-refractivity contribution is 0.808. The highest BCUT2D eigenvalue weighted by Crippen LogP contribution is 2.58. The van der Waals surface area contributed by atoms with Crippen LogP contribution in [0.15, 0.2) is 109 Å². The van der Waals surface area contributed by atoms with Gasteiger partial charge in [-0.25, -0.2) is 0 Å². The summed E-state index contributed by atoms with van der Waals surface area (Å²) in [5.74, 6) is 0. The SMILES string of the molecule is c1ccc(-c2c3c(c(-c4ccccc4)c4ccccc24)-c2ccc4c5c(ccc-3c25)CCC4)cc1. The second kappa shape index (κ2) is 7.17. The number of aryl methyl sites for hydroxylation is 2. The van der Waals surface area contributed by atoms with E-state index in [9.17, 15) is 0 Å². The monoisotopic (exact) mass is 444 g/mol. The Hall–Kier alpha value is -4.16. The maximum absolute atomic E-state index is 2.41. The first-order valence-corrected chi connectivity index (χ1v) is 12.7. The van der Waals surface area contributed by atoms with Crippen LogP contribution in [0.1, 0.15) is 17.5 Å². The Labute approximate surface area is 205 Å². The molecule has 0 spiro atoms. The molecule has 6 aromatic carbocycles. The van der Waals surface area contributed by atoms with E-state index in [1.165, 1.54) is 96.4 Å². The summed E-state index contributed by atoms with van der Waals surface area (Å²) in [6, 6.07) is 40.6. The van der Waals surface area contributed by atoms with Crippen molar-refractivity contribution in [1.29, 1.82) is 0 Å². The molecule has 0 saturated carbocycles. The first-order valence-electron chi connectivity index (χ1n) is 12.7. The molecule has 0 bridgehead atoms. The number of hydrogen-bond donors (Lipinski definition) is 0. The van der Waals surface area contributed by atoms with Gasteiger partial charge < -0.3 is 0 Å². The summed E-state index contributed by atoms with van der Waals surface area (Å²) in [7, 11) is 0. The number of rotatable bonds is 2. The van der Waals surface area contributed by atoms with Crippen LogP contribution >= 0.6 is 0 Å². The molecule has 2 aliphatic rings. The molecular weight excluding hydrogens is 420 g/mol. The summed E-state index contributed by atoms with van der Waals surface area (Å²) in [5.41, 5.74) is 13.9. The summed E-state index contributed by atoms with van der Waals surface area (Å²) >= 11 is 0. The molecule has 0 heterocycles. The van der Waals surface area contributed by atoms with Gasteiger partial charge in [0.15, 0.2) is 0 Å². The zero-order chi connectivity index (χ0) is 22.9. The van der Waals surface area contributed by atoms with E-state index in [1.807, 2.05) is 0 Å². The minimum atomic E-state index is 1.18. The van der Waals surface area contributed by atoms with Gasteiger partial charge in [0.2, 0.25) is 0 Å². The fraction of sp³-hybridized carbons (Fsp3) is 0.0857. The fourth-order valence-electron chi connectivity index (χ4n) is 6.73. The third-order valence-electron chi connectivity index (χ3n) is 8.10. The zero-order valence-corrected chi connectivity index (χ0v) is 19.5. The molecule has 0 saturated heterocycles. The van der Waals surface area contributed by atoms with E-state index in [-0.39, 0.29) is 0 Å². The Morgan fingerprint density at radius 2 is 0.829 bits per heavy atom. The van der Waals surface area contributed by atoms with Gasteiger partial charge in [0.05, 0.1) is 0 Å². The highest BCUT2D eigenvalue weighted by molar-refractivity contribution is 6.28. The van der Waals surface area contributed by atoms with E-state index in [0.717, 1.165) is 0 Å². The summed E-state index contributed by atoms with van der Waals surface area (Å²) in [5, 5.41) is 5.64. The Balaban J connectivity index is 1.64. The molecule has 6 aromatic rings. The van der Waals surface area contributed by atoms with E-state index < -0.39 is 0 Å². The van der Waals surface area contributed by atoms with E-state index in [2.05, 4.69) is 109 Å². The van der Waals surface area contributed by atoms with Crippen molar-refractivity contribution in [2.24, 2.45) is 0 Å². The van der Waals surface area contributed by atoms with Crippen LogP contribution < -0.4 is 0 Å². The lowest BCUT2D eigenvalue weighted by Crippen LogP contribution is -2.01. The molecular formula is C35H24. The molecule has 0 aromatic heterocycles. The third kappa shape index (κ3) is 2.57. The highest BCUT2D eigenvalue weighted by Gasteiger charge is 2.32. The van der Waals surface area contributed by atoms with Gasteiger partial charge >= 0.3 is 0 Å². The van der Waals surface area contributed by atoms with Crippen molar-refractivity contribution in [3.05, 3.63) is 120 Å². The van der Waals surface area contributed by atoms with Crippen LogP contribution in [-0.2, 0) is 12.8 Å². The quantitative estimate of drug-likeness (QED) is 0.249. The van der Waals surface area contributed by atoms with E-state index in [4.69, 9.17) is 0 Å². The number of benzene rings is 6. The topological polar surface area (TPSA) is 0 Å². The summed E-state index contributed by atoms with van der Waals surface area (Å²) in [6.07, 6.45) is 3.62. The Morgan fingerprint density at radius 1 is 0.371 bits per heavy atom. The van der Waals surface area contributed by atoms with Crippen LogP contribution in [0.25, 0.3) is 66.1 Å². The fourth-order valence-corrected chi connectivity index (χ4v) is 6.73. The van der Waals surface area contributed by atoms with Gasteiger partial charge in [-0.15, -0.1) is 0 Å². The molecule has 0 nitrogen and oxygen atoms in total. The summed E-state index contributed by atoms with van der Waals surface area (Å²) < 4.78 is 0. The normalized spacial score (nSPS) is 13.4. The van der Waals surface area contributed by atoms with Crippen molar-refractivity contribution < 1.29 is 0 Å². The van der Waals surface area contributed by atoms with E-state index in [0.29, 0.717) is 0 Å². The van der Waals surface area contributed by atoms with Crippen LogP contribution in [0.5, 0.6) is 0 Å². The molecule has 0 N–H and O–H groups in total. The molecule has 0 amide bonds. The maximum atomic E-state index is 2.41. The Morgan fingerprint density at radius 3 is 1.31 bits per heavy atom. The van der Waals surface area contributed by atoms with Crippen molar-refractivity contribution in [2.45, 2.75) is 19.3 Å². The standard InChI is InChI=1S/C35H24/c1-3-10-22(11-4-1)31-26-16-7-8-17-27(26)32(23-12-5-2-6-13-23)35-29-21-19-25-15-9-14-24-18-20-28(34(31)35)33(29)30(24)25/h1-8,10-13,16-21H,9,14-15H2. The predicted molar refractivity (Wildman–Crippen MR) is 149 cm³/mol. The maximum Gasteiger partial charge on any atom is -0.000741 e. The van der Waals surface area contributed by atoms with Gasteiger partial charge in [-0.1, -0.05) is 109 Å². The van der Waals surface area contributed by atoms with E-state index in [1.54, 1.807) is 0 Å². The Kier molecular flexibility index (Phi) is 3.93. The van der Waals surface area contributed by atoms with Crippen molar-refractivity contribution >= 4 is 21.5 Å². The zero-order valence-electron chi connectivity index (χ0n) is 19.5. The lowest BCUT2D eigenvalue weighted by Gasteiger charge is -2.20. The predicted octanol–water partition coefficient (Wildman–Crippen LogP) is 9.46. The van der Waals surface area contributed by atoms with Crippen molar-refractivity contribution in [1.82, 2.24) is 0 Å². The van der Waals surface area contributed by atoms with Crippen LogP contribution in [0.4, 0.5) is 0 Å². The van der Waals surface area contributed by atoms with Crippen LogP contribution in [0.2, 0.25) is 0 Å².